The highest BCUT2D eigenvalue weighted by Crippen LogP contribution is 2.32. The molecule has 0 N–H and O–H groups in total. The summed E-state index contributed by atoms with van der Waals surface area (Å²) in [5, 5.41) is 10.4. The van der Waals surface area contributed by atoms with Crippen molar-refractivity contribution in [3.05, 3.63) is 65.4 Å². The second-order valence-corrected chi connectivity index (χ2v) is 7.33. The molecule has 1 aliphatic rings. The molecule has 156 valence electrons. The van der Waals surface area contributed by atoms with Gasteiger partial charge in [0.25, 0.3) is 0 Å². The number of benzene rings is 2. The fraction of sp³-hybridized carbons (Fsp3) is 0.333. The minimum absolute atomic E-state index is 0. The maximum absolute atomic E-state index is 9.25. The number of nitrogens with zero attached hydrogens (tertiary/aromatic N) is 3. The molecule has 1 aromatic heterocycles. The summed E-state index contributed by atoms with van der Waals surface area (Å²) in [5.41, 5.74) is 4.63. The third-order valence-corrected chi connectivity index (χ3v) is 5.31. The van der Waals surface area contributed by atoms with Gasteiger partial charge in [-0.1, -0.05) is 18.2 Å². The molecule has 0 radical (unpaired) electrons. The van der Waals surface area contributed by atoms with Crippen LogP contribution in [0.25, 0.3) is 10.9 Å². The van der Waals surface area contributed by atoms with E-state index in [0.29, 0.717) is 18.3 Å². The van der Waals surface area contributed by atoms with Crippen LogP contribution in [0.3, 0.4) is 0 Å². The zero-order chi connectivity index (χ0) is 20.2. The molecule has 1 saturated heterocycles. The van der Waals surface area contributed by atoms with E-state index >= 15 is 0 Å². The Balaban J connectivity index is 0.00000256. The van der Waals surface area contributed by atoms with Gasteiger partial charge in [0.2, 0.25) is 0 Å². The minimum Gasteiger partial charge on any atom is -0.489 e. The molecule has 0 saturated carbocycles. The van der Waals surface area contributed by atoms with Crippen molar-refractivity contribution in [2.24, 2.45) is 0 Å². The summed E-state index contributed by atoms with van der Waals surface area (Å²) in [6.45, 7) is 7.09. The Bertz CT molecular complexity index is 1060. The van der Waals surface area contributed by atoms with Crippen LogP contribution < -0.4 is 9.64 Å². The summed E-state index contributed by atoms with van der Waals surface area (Å²) in [7, 11) is 0. The third kappa shape index (κ3) is 4.67. The minimum atomic E-state index is 0. The third-order valence-electron chi connectivity index (χ3n) is 5.31. The molecule has 1 aliphatic heterocycles. The van der Waals surface area contributed by atoms with Crippen LogP contribution in [0.1, 0.15) is 30.2 Å². The smallest absolute Gasteiger partial charge is 0.122 e. The van der Waals surface area contributed by atoms with Gasteiger partial charge in [0.15, 0.2) is 0 Å². The van der Waals surface area contributed by atoms with Gasteiger partial charge in [0.05, 0.1) is 23.3 Å². The second-order valence-electron chi connectivity index (χ2n) is 7.33. The van der Waals surface area contributed by atoms with Gasteiger partial charge >= 0.3 is 0 Å². The van der Waals surface area contributed by atoms with Crippen molar-refractivity contribution in [1.29, 1.82) is 5.26 Å². The van der Waals surface area contributed by atoms with E-state index in [1.807, 2.05) is 50.2 Å². The average Bonchev–Trinajstić information content (AvgIpc) is 3.20. The van der Waals surface area contributed by atoms with E-state index in [0.717, 1.165) is 54.0 Å². The Kier molecular flexibility index (Phi) is 7.15. The lowest BCUT2D eigenvalue weighted by atomic mass is 10.1. The van der Waals surface area contributed by atoms with Crippen LogP contribution in [0.15, 0.2) is 48.5 Å². The van der Waals surface area contributed by atoms with Gasteiger partial charge in [-0.05, 0) is 44.5 Å². The Morgan fingerprint density at radius 2 is 2.03 bits per heavy atom. The van der Waals surface area contributed by atoms with Crippen molar-refractivity contribution in [2.45, 2.75) is 33.0 Å². The first kappa shape index (κ1) is 21.9. The lowest BCUT2D eigenvalue weighted by Gasteiger charge is -2.21. The van der Waals surface area contributed by atoms with Gasteiger partial charge in [-0.25, -0.2) is 0 Å². The first-order chi connectivity index (χ1) is 14.2. The number of halogens is 1. The van der Waals surface area contributed by atoms with E-state index in [1.165, 1.54) is 5.69 Å². The fourth-order valence-electron chi connectivity index (χ4n) is 3.90. The highest BCUT2D eigenvalue weighted by Gasteiger charge is 2.24. The topological polar surface area (TPSA) is 58.4 Å². The number of nitriles is 1. The molecular weight excluding hydrogens is 398 g/mol. The summed E-state index contributed by atoms with van der Waals surface area (Å²) in [4.78, 5) is 7.11. The number of ether oxygens (including phenoxy) is 2. The summed E-state index contributed by atoms with van der Waals surface area (Å²) in [6, 6.07) is 17.9. The Morgan fingerprint density at radius 3 is 2.83 bits per heavy atom. The van der Waals surface area contributed by atoms with Crippen molar-refractivity contribution in [1.82, 2.24) is 4.98 Å². The monoisotopic (exact) mass is 423 g/mol. The molecule has 30 heavy (non-hydrogen) atoms. The fourth-order valence-corrected chi connectivity index (χ4v) is 3.90. The molecule has 1 unspecified atom stereocenters. The maximum atomic E-state index is 9.25. The number of aromatic nitrogens is 1. The molecule has 0 aliphatic carbocycles. The molecule has 1 fully saturated rings. The predicted molar refractivity (Wildman–Crippen MR) is 121 cm³/mol. The van der Waals surface area contributed by atoms with Crippen LogP contribution in [0, 0.1) is 18.3 Å². The largest absolute Gasteiger partial charge is 0.489 e. The summed E-state index contributed by atoms with van der Waals surface area (Å²) < 4.78 is 11.8. The first-order valence-electron chi connectivity index (χ1n) is 10.1. The molecule has 0 bridgehead atoms. The lowest BCUT2D eigenvalue weighted by molar-refractivity contribution is 0.0788. The molecule has 5 nitrogen and oxygen atoms in total. The van der Waals surface area contributed by atoms with Gasteiger partial charge in [-0.2, -0.15) is 5.26 Å². The molecule has 2 heterocycles. The molecule has 3 aromatic rings. The van der Waals surface area contributed by atoms with E-state index in [4.69, 9.17) is 14.5 Å². The van der Waals surface area contributed by atoms with Crippen LogP contribution in [0.5, 0.6) is 5.75 Å². The summed E-state index contributed by atoms with van der Waals surface area (Å²) in [5.74, 6) is 0.753. The normalized spacial score (nSPS) is 15.6. The highest BCUT2D eigenvalue weighted by molar-refractivity contribution is 5.93. The van der Waals surface area contributed by atoms with E-state index in [9.17, 15) is 5.26 Å². The molecule has 0 spiro atoms. The van der Waals surface area contributed by atoms with E-state index in [1.54, 1.807) is 0 Å². The molecule has 0 amide bonds. The quantitative estimate of drug-likeness (QED) is 0.556. The Morgan fingerprint density at radius 1 is 1.20 bits per heavy atom. The predicted octanol–water partition coefficient (Wildman–Crippen LogP) is 5.03. The maximum Gasteiger partial charge on any atom is 0.122 e. The van der Waals surface area contributed by atoms with Gasteiger partial charge < -0.3 is 14.4 Å². The van der Waals surface area contributed by atoms with Gasteiger partial charge in [0, 0.05) is 48.1 Å². The summed E-state index contributed by atoms with van der Waals surface area (Å²) >= 11 is 0. The molecule has 4 rings (SSSR count). The van der Waals surface area contributed by atoms with Crippen LogP contribution in [-0.2, 0) is 11.3 Å². The van der Waals surface area contributed by atoms with E-state index in [-0.39, 0.29) is 12.4 Å². The lowest BCUT2D eigenvalue weighted by Crippen LogP contribution is -2.23. The Labute approximate surface area is 183 Å². The molecule has 2 aromatic carbocycles. The van der Waals surface area contributed by atoms with Crippen molar-refractivity contribution in [3.63, 3.8) is 0 Å². The number of fused-ring (bicyclic) bond motifs is 1. The van der Waals surface area contributed by atoms with E-state index in [2.05, 4.69) is 23.1 Å². The van der Waals surface area contributed by atoms with Crippen LogP contribution >= 0.6 is 12.4 Å². The van der Waals surface area contributed by atoms with Crippen LogP contribution in [0.2, 0.25) is 0 Å². The van der Waals surface area contributed by atoms with Crippen LogP contribution in [0.4, 0.5) is 5.69 Å². The summed E-state index contributed by atoms with van der Waals surface area (Å²) in [6.07, 6.45) is 1.35. The number of anilines is 1. The highest BCUT2D eigenvalue weighted by atomic mass is 35.5. The second kappa shape index (κ2) is 9.80. The number of hydrogen-bond donors (Lipinski definition) is 0. The van der Waals surface area contributed by atoms with Gasteiger partial charge in [0.1, 0.15) is 12.4 Å². The van der Waals surface area contributed by atoms with E-state index < -0.39 is 0 Å². The van der Waals surface area contributed by atoms with Crippen molar-refractivity contribution in [2.75, 3.05) is 24.6 Å². The van der Waals surface area contributed by atoms with Crippen molar-refractivity contribution >= 4 is 29.0 Å². The van der Waals surface area contributed by atoms with Crippen LogP contribution in [-0.4, -0.2) is 30.8 Å². The standard InChI is InChI=1S/C24H25N3O2.ClH/c1-3-28-21-10-11-27(15-21)24-12-17(2)26-23-13-20(8-9-22(23)24)29-16-19-7-5-4-6-18(19)14-25;/h4-9,12-13,21H,3,10-11,15-16H2,1-2H3;1H. The zero-order valence-electron chi connectivity index (χ0n) is 17.3. The zero-order valence-corrected chi connectivity index (χ0v) is 18.1. The molecule has 6 heteroatoms. The molecule has 1 atom stereocenters. The Hall–Kier alpha value is -2.81. The number of aryl methyl sites for hydroxylation is 1. The average molecular weight is 424 g/mol. The molecular formula is C24H26ClN3O2. The van der Waals surface area contributed by atoms with Gasteiger partial charge in [-0.15, -0.1) is 12.4 Å². The first-order valence-corrected chi connectivity index (χ1v) is 10.1. The number of rotatable bonds is 6. The number of pyridine rings is 1. The SMILES string of the molecule is CCOC1CCN(c2cc(C)nc3cc(OCc4ccccc4C#N)ccc23)C1.Cl. The number of hydrogen-bond acceptors (Lipinski definition) is 5. The van der Waals surface area contributed by atoms with Crippen molar-refractivity contribution in [3.8, 4) is 11.8 Å². The van der Waals surface area contributed by atoms with Gasteiger partial charge in [-0.3, -0.25) is 4.98 Å². The van der Waals surface area contributed by atoms with Crippen molar-refractivity contribution < 1.29 is 9.47 Å².